The summed E-state index contributed by atoms with van der Waals surface area (Å²) in [5, 5.41) is 6.70. The molecule has 4 rings (SSSR count). The van der Waals surface area contributed by atoms with Crippen LogP contribution in [0.2, 0.25) is 0 Å². The summed E-state index contributed by atoms with van der Waals surface area (Å²) >= 11 is 0. The number of nitrogens with one attached hydrogen (secondary N) is 2. The molecule has 0 saturated carbocycles. The number of nitrogen functional groups attached to an aromatic ring is 1. The molecule has 0 bridgehead atoms. The van der Waals surface area contributed by atoms with Crippen LogP contribution in [-0.4, -0.2) is 23.6 Å². The van der Waals surface area contributed by atoms with Crippen molar-refractivity contribution in [3.63, 3.8) is 0 Å². The molecular weight excluding hydrogens is 431 g/mol. The second-order valence-corrected chi connectivity index (χ2v) is 8.12. The minimum absolute atomic E-state index is 0.0217. The largest absolute Gasteiger partial charge is 0.384 e. The third kappa shape index (κ3) is 3.94. The van der Waals surface area contributed by atoms with Crippen LogP contribution in [0, 0.1) is 17.5 Å². The normalized spacial score (nSPS) is 11.5. The van der Waals surface area contributed by atoms with E-state index in [1.807, 2.05) is 4.72 Å². The zero-order valence-corrected chi connectivity index (χ0v) is 16.4. The predicted molar refractivity (Wildman–Crippen MR) is 109 cm³/mol. The lowest BCUT2D eigenvalue weighted by Gasteiger charge is -2.12. The number of hydrogen-bond acceptors (Lipinski definition) is 5. The third-order valence-corrected chi connectivity index (χ3v) is 5.79. The Balaban J connectivity index is 1.76. The second kappa shape index (κ2) is 7.76. The smallest absolute Gasteiger partial charge is 0.265 e. The van der Waals surface area contributed by atoms with E-state index in [1.54, 1.807) is 12.1 Å². The van der Waals surface area contributed by atoms with E-state index in [-0.39, 0.29) is 17.1 Å². The van der Waals surface area contributed by atoms with Crippen molar-refractivity contribution in [2.45, 2.75) is 4.90 Å². The number of sulfonamides is 1. The Morgan fingerprint density at radius 3 is 2.58 bits per heavy atom. The Morgan fingerprint density at radius 2 is 1.81 bits per heavy atom. The van der Waals surface area contributed by atoms with Gasteiger partial charge in [-0.3, -0.25) is 9.82 Å². The van der Waals surface area contributed by atoms with Gasteiger partial charge in [-0.25, -0.2) is 26.6 Å². The van der Waals surface area contributed by atoms with Crippen molar-refractivity contribution in [2.24, 2.45) is 0 Å². The first kappa shape index (κ1) is 20.4. The lowest BCUT2D eigenvalue weighted by atomic mass is 10.0. The zero-order chi connectivity index (χ0) is 22.2. The van der Waals surface area contributed by atoms with E-state index in [1.165, 1.54) is 24.5 Å². The summed E-state index contributed by atoms with van der Waals surface area (Å²) in [6.07, 6.45) is 3.01. The highest BCUT2D eigenvalue weighted by Crippen LogP contribution is 2.35. The number of aromatic nitrogens is 3. The van der Waals surface area contributed by atoms with Gasteiger partial charge in [0.15, 0.2) is 5.82 Å². The topological polar surface area (TPSA) is 114 Å². The molecule has 2 aromatic carbocycles. The van der Waals surface area contributed by atoms with Crippen LogP contribution >= 0.6 is 0 Å². The van der Waals surface area contributed by atoms with E-state index in [0.29, 0.717) is 23.3 Å². The Hall–Kier alpha value is -3.86. The number of halogens is 3. The molecule has 0 unspecified atom stereocenters. The molecule has 0 aliphatic rings. The monoisotopic (exact) mass is 445 g/mol. The molecule has 2 heterocycles. The van der Waals surface area contributed by atoms with E-state index < -0.39 is 38.1 Å². The third-order valence-electron chi connectivity index (χ3n) is 4.41. The number of pyridine rings is 1. The van der Waals surface area contributed by atoms with Crippen molar-refractivity contribution in [1.82, 2.24) is 15.2 Å². The van der Waals surface area contributed by atoms with Crippen molar-refractivity contribution in [2.75, 3.05) is 10.5 Å². The summed E-state index contributed by atoms with van der Waals surface area (Å²) in [6.45, 7) is 0. The first-order valence-electron chi connectivity index (χ1n) is 8.78. The molecule has 2 aromatic heterocycles. The highest BCUT2D eigenvalue weighted by atomic mass is 32.2. The van der Waals surface area contributed by atoms with Crippen LogP contribution in [0.4, 0.5) is 24.7 Å². The molecule has 0 aliphatic heterocycles. The number of nitrogens with two attached hydrogens (primary N) is 1. The lowest BCUT2D eigenvalue weighted by molar-refractivity contribution is 0.555. The molecule has 0 amide bonds. The molecule has 0 saturated heterocycles. The highest BCUT2D eigenvalue weighted by Gasteiger charge is 2.23. The minimum Gasteiger partial charge on any atom is -0.384 e. The Bertz CT molecular complexity index is 1390. The minimum atomic E-state index is -4.60. The highest BCUT2D eigenvalue weighted by molar-refractivity contribution is 7.92. The first-order chi connectivity index (χ1) is 14.8. The summed E-state index contributed by atoms with van der Waals surface area (Å²) in [4.78, 5) is 2.97. The van der Waals surface area contributed by atoms with E-state index in [0.717, 1.165) is 12.1 Å². The molecule has 0 atom stereocenters. The summed E-state index contributed by atoms with van der Waals surface area (Å²) in [7, 11) is -4.60. The predicted octanol–water partition coefficient (Wildman–Crippen LogP) is 3.94. The fourth-order valence-corrected chi connectivity index (χ4v) is 4.16. The number of hydrogen-bond donors (Lipinski definition) is 3. The zero-order valence-electron chi connectivity index (χ0n) is 15.6. The molecule has 0 fully saturated rings. The maximum absolute atomic E-state index is 15.3. The van der Waals surface area contributed by atoms with Gasteiger partial charge in [-0.15, -0.1) is 0 Å². The second-order valence-electron chi connectivity index (χ2n) is 6.46. The van der Waals surface area contributed by atoms with Crippen molar-refractivity contribution in [3.8, 4) is 22.4 Å². The van der Waals surface area contributed by atoms with Gasteiger partial charge in [0.2, 0.25) is 0 Å². The van der Waals surface area contributed by atoms with Crippen LogP contribution in [0.5, 0.6) is 0 Å². The van der Waals surface area contributed by atoms with Crippen molar-refractivity contribution in [1.29, 1.82) is 0 Å². The number of anilines is 2. The molecule has 158 valence electrons. The van der Waals surface area contributed by atoms with Crippen molar-refractivity contribution >= 4 is 21.5 Å². The lowest BCUT2D eigenvalue weighted by Crippen LogP contribution is -2.16. The maximum Gasteiger partial charge on any atom is 0.265 e. The fourth-order valence-electron chi connectivity index (χ4n) is 3.01. The molecule has 7 nitrogen and oxygen atoms in total. The van der Waals surface area contributed by atoms with E-state index in [2.05, 4.69) is 15.2 Å². The maximum atomic E-state index is 15.3. The van der Waals surface area contributed by atoms with Gasteiger partial charge in [-0.1, -0.05) is 6.07 Å². The van der Waals surface area contributed by atoms with Crippen LogP contribution in [0.25, 0.3) is 22.4 Å². The standard InChI is InChI=1S/C20H14F3N5O2S/c21-12-4-5-15(22)17(9-12)31(29,30)28-16-3-1-2-13(19(16)23)20-14(10-26-27-20)11-6-7-25-18(24)8-11/h1-10,28H,(H2,24,25)(H,26,27). The quantitative estimate of drug-likeness (QED) is 0.431. The number of H-pyrrole nitrogens is 1. The average molecular weight is 445 g/mol. The first-order valence-corrected chi connectivity index (χ1v) is 10.3. The molecule has 0 spiro atoms. The molecule has 0 radical (unpaired) electrons. The average Bonchev–Trinajstić information content (AvgIpc) is 3.21. The van der Waals surface area contributed by atoms with Crippen molar-refractivity contribution < 1.29 is 21.6 Å². The van der Waals surface area contributed by atoms with Gasteiger partial charge in [0.05, 0.1) is 5.69 Å². The molecule has 0 aliphatic carbocycles. The van der Waals surface area contributed by atoms with Crippen LogP contribution < -0.4 is 10.5 Å². The number of nitrogens with zero attached hydrogens (tertiary/aromatic N) is 2. The molecular formula is C20H14F3N5O2S. The fraction of sp³-hybridized carbons (Fsp3) is 0. The number of rotatable bonds is 5. The molecule has 4 N–H and O–H groups in total. The Morgan fingerprint density at radius 1 is 1.00 bits per heavy atom. The Kier molecular flexibility index (Phi) is 5.11. The number of aromatic amines is 1. The van der Waals surface area contributed by atoms with Crippen LogP contribution in [0.3, 0.4) is 0 Å². The van der Waals surface area contributed by atoms with Crippen molar-refractivity contribution in [3.05, 3.63) is 78.4 Å². The summed E-state index contributed by atoms with van der Waals surface area (Å²) in [5.74, 6) is -2.81. The van der Waals surface area contributed by atoms with Gasteiger partial charge in [0, 0.05) is 23.5 Å². The van der Waals surface area contributed by atoms with Crippen LogP contribution in [0.1, 0.15) is 0 Å². The SMILES string of the molecule is Nc1cc(-c2c[nH]nc2-c2cccc(NS(=O)(=O)c3cc(F)ccc3F)c2F)ccn1. The Labute approximate surface area is 174 Å². The van der Waals surface area contributed by atoms with Gasteiger partial charge in [-0.2, -0.15) is 5.10 Å². The van der Waals surface area contributed by atoms with Gasteiger partial charge < -0.3 is 5.73 Å². The van der Waals surface area contributed by atoms with E-state index in [9.17, 15) is 17.2 Å². The summed E-state index contributed by atoms with van der Waals surface area (Å²) < 4.78 is 69.6. The van der Waals surface area contributed by atoms with Crippen LogP contribution in [-0.2, 0) is 10.0 Å². The molecule has 31 heavy (non-hydrogen) atoms. The molecule has 4 aromatic rings. The number of benzene rings is 2. The van der Waals surface area contributed by atoms with Gasteiger partial charge in [0.25, 0.3) is 10.0 Å². The van der Waals surface area contributed by atoms with Crippen LogP contribution in [0.15, 0.2) is 65.8 Å². The van der Waals surface area contributed by atoms with Gasteiger partial charge in [0.1, 0.15) is 28.0 Å². The summed E-state index contributed by atoms with van der Waals surface area (Å²) in [5.41, 5.74) is 6.54. The van der Waals surface area contributed by atoms with E-state index >= 15 is 4.39 Å². The van der Waals surface area contributed by atoms with E-state index in [4.69, 9.17) is 5.73 Å². The van der Waals surface area contributed by atoms with Gasteiger partial charge in [-0.05, 0) is 48.0 Å². The van der Waals surface area contributed by atoms with Gasteiger partial charge >= 0.3 is 0 Å². The molecule has 11 heteroatoms. The summed E-state index contributed by atoms with van der Waals surface area (Å²) in [6, 6.07) is 9.15.